The molecule has 9 heteroatoms. The number of hydrogen-bond donors (Lipinski definition) is 2. The molecule has 4 heterocycles. The molecule has 5 rings (SSSR count). The van der Waals surface area contributed by atoms with Crippen molar-refractivity contribution in [3.05, 3.63) is 81.7 Å². The number of ether oxygens (including phenoxy) is 2. The van der Waals surface area contributed by atoms with E-state index in [1.807, 2.05) is 30.3 Å². The third-order valence-electron chi connectivity index (χ3n) is 6.36. The number of carbonyl (C=O) groups excluding carboxylic acids is 1. The molecule has 0 saturated carbocycles. The lowest BCUT2D eigenvalue weighted by molar-refractivity contribution is 0.0856. The highest BCUT2D eigenvalue weighted by Gasteiger charge is 2.20. The van der Waals surface area contributed by atoms with Gasteiger partial charge in [0, 0.05) is 25.9 Å². The fourth-order valence-electron chi connectivity index (χ4n) is 4.42. The molecule has 35 heavy (non-hydrogen) atoms. The molecule has 9 nitrogen and oxygen atoms in total. The molecule has 1 amide bonds. The highest BCUT2D eigenvalue weighted by atomic mass is 16.5. The van der Waals surface area contributed by atoms with Gasteiger partial charge in [-0.2, -0.15) is 0 Å². The van der Waals surface area contributed by atoms with Crippen molar-refractivity contribution in [1.82, 2.24) is 19.3 Å². The standard InChI is InChI=1S/C26H27N5O4/c1-34-18-9-7-17(8-10-18)11-13-31-23(27)20(25(32)28-16-19-5-4-14-35-19)15-21-24(31)29-22-6-2-3-12-30(22)26(21)33/h2-3,6-10,12,15,19,27H,4-5,11,13-14,16H2,1H3,(H,28,32)/t19-/m0/s1. The van der Waals surface area contributed by atoms with Gasteiger partial charge < -0.3 is 19.4 Å². The molecule has 0 bridgehead atoms. The molecule has 1 atom stereocenters. The van der Waals surface area contributed by atoms with Crippen LogP contribution in [0, 0.1) is 5.41 Å². The molecular weight excluding hydrogens is 446 g/mol. The lowest BCUT2D eigenvalue weighted by Crippen LogP contribution is -2.38. The number of methoxy groups -OCH3 is 1. The largest absolute Gasteiger partial charge is 0.497 e. The van der Waals surface area contributed by atoms with E-state index in [2.05, 4.69) is 10.3 Å². The summed E-state index contributed by atoms with van der Waals surface area (Å²) < 4.78 is 13.9. The quantitative estimate of drug-likeness (QED) is 0.400. The van der Waals surface area contributed by atoms with E-state index < -0.39 is 5.91 Å². The summed E-state index contributed by atoms with van der Waals surface area (Å²) in [5, 5.41) is 12.0. The molecule has 1 saturated heterocycles. The van der Waals surface area contributed by atoms with Crippen molar-refractivity contribution in [2.75, 3.05) is 20.3 Å². The summed E-state index contributed by atoms with van der Waals surface area (Å²) >= 11 is 0. The molecular formula is C26H27N5O4. The topological polar surface area (TPSA) is 111 Å². The number of pyridine rings is 2. The number of rotatable bonds is 7. The van der Waals surface area contributed by atoms with E-state index in [1.165, 1.54) is 10.5 Å². The number of benzene rings is 1. The molecule has 0 radical (unpaired) electrons. The van der Waals surface area contributed by atoms with E-state index in [4.69, 9.17) is 14.9 Å². The van der Waals surface area contributed by atoms with E-state index in [0.29, 0.717) is 42.8 Å². The Morgan fingerprint density at radius 1 is 1.26 bits per heavy atom. The molecule has 1 aliphatic heterocycles. The highest BCUT2D eigenvalue weighted by Crippen LogP contribution is 2.15. The van der Waals surface area contributed by atoms with Crippen LogP contribution in [0.4, 0.5) is 0 Å². The predicted octanol–water partition coefficient (Wildman–Crippen LogP) is 2.29. The minimum absolute atomic E-state index is 0.0167. The van der Waals surface area contributed by atoms with Crippen molar-refractivity contribution in [3.63, 3.8) is 0 Å². The number of aromatic nitrogens is 3. The first-order valence-corrected chi connectivity index (χ1v) is 11.7. The first kappa shape index (κ1) is 22.8. The summed E-state index contributed by atoms with van der Waals surface area (Å²) in [7, 11) is 1.62. The highest BCUT2D eigenvalue weighted by molar-refractivity contribution is 5.96. The SMILES string of the molecule is COc1ccc(CCn2c(=N)c(C(=O)NC[C@@H]3CCCO3)cc3c(=O)n4ccccc4nc32)cc1. The van der Waals surface area contributed by atoms with Crippen LogP contribution in [0.1, 0.15) is 28.8 Å². The van der Waals surface area contributed by atoms with Crippen molar-refractivity contribution in [2.45, 2.75) is 31.9 Å². The Morgan fingerprint density at radius 3 is 2.83 bits per heavy atom. The lowest BCUT2D eigenvalue weighted by Gasteiger charge is -2.16. The third kappa shape index (κ3) is 4.54. The third-order valence-corrected chi connectivity index (χ3v) is 6.36. The monoisotopic (exact) mass is 473 g/mol. The second-order valence-electron chi connectivity index (χ2n) is 8.58. The van der Waals surface area contributed by atoms with Gasteiger partial charge in [0.2, 0.25) is 0 Å². The van der Waals surface area contributed by atoms with Gasteiger partial charge in [-0.1, -0.05) is 18.2 Å². The molecule has 0 spiro atoms. The van der Waals surface area contributed by atoms with Gasteiger partial charge in [0.1, 0.15) is 22.5 Å². The van der Waals surface area contributed by atoms with Crippen LogP contribution in [0.3, 0.4) is 0 Å². The summed E-state index contributed by atoms with van der Waals surface area (Å²) in [5.74, 6) is 0.363. The fourth-order valence-corrected chi connectivity index (χ4v) is 4.42. The van der Waals surface area contributed by atoms with Gasteiger partial charge in [0.05, 0.1) is 24.2 Å². The summed E-state index contributed by atoms with van der Waals surface area (Å²) in [6.07, 6.45) is 4.09. The molecule has 1 fully saturated rings. The number of hydrogen-bond acceptors (Lipinski definition) is 6. The Hall–Kier alpha value is -3.98. The summed E-state index contributed by atoms with van der Waals surface area (Å²) in [6, 6.07) is 14.5. The van der Waals surface area contributed by atoms with Crippen LogP contribution in [-0.4, -0.2) is 46.2 Å². The first-order valence-electron chi connectivity index (χ1n) is 11.7. The Morgan fingerprint density at radius 2 is 2.09 bits per heavy atom. The second-order valence-corrected chi connectivity index (χ2v) is 8.58. The van der Waals surface area contributed by atoms with Crippen LogP contribution >= 0.6 is 0 Å². The van der Waals surface area contributed by atoms with Gasteiger partial charge in [0.25, 0.3) is 11.5 Å². The number of nitrogens with zero attached hydrogens (tertiary/aromatic N) is 3. The number of fused-ring (bicyclic) bond motifs is 2. The fraction of sp³-hybridized carbons (Fsp3) is 0.308. The Kier molecular flexibility index (Phi) is 6.33. The predicted molar refractivity (Wildman–Crippen MR) is 131 cm³/mol. The first-order chi connectivity index (χ1) is 17.0. The summed E-state index contributed by atoms with van der Waals surface area (Å²) in [6.45, 7) is 1.45. The van der Waals surface area contributed by atoms with E-state index in [1.54, 1.807) is 30.0 Å². The maximum absolute atomic E-state index is 13.3. The normalized spacial score (nSPS) is 15.5. The number of amides is 1. The van der Waals surface area contributed by atoms with Crippen LogP contribution in [0.15, 0.2) is 59.5 Å². The number of nitrogens with one attached hydrogen (secondary N) is 2. The second kappa shape index (κ2) is 9.71. The summed E-state index contributed by atoms with van der Waals surface area (Å²) in [5.41, 5.74) is 1.78. The Balaban J connectivity index is 1.57. The molecule has 0 unspecified atom stereocenters. The van der Waals surface area contributed by atoms with Crippen LogP contribution in [0.25, 0.3) is 16.7 Å². The van der Waals surface area contributed by atoms with Gasteiger partial charge in [-0.15, -0.1) is 0 Å². The van der Waals surface area contributed by atoms with Crippen molar-refractivity contribution >= 4 is 22.6 Å². The average molecular weight is 474 g/mol. The van der Waals surface area contributed by atoms with Gasteiger partial charge in [0.15, 0.2) is 0 Å². The van der Waals surface area contributed by atoms with E-state index in [0.717, 1.165) is 24.2 Å². The smallest absolute Gasteiger partial charge is 0.267 e. The van der Waals surface area contributed by atoms with E-state index in [-0.39, 0.29) is 22.7 Å². The van der Waals surface area contributed by atoms with Gasteiger partial charge >= 0.3 is 0 Å². The van der Waals surface area contributed by atoms with Crippen molar-refractivity contribution in [3.8, 4) is 5.75 Å². The van der Waals surface area contributed by atoms with E-state index in [9.17, 15) is 9.59 Å². The molecule has 3 aromatic heterocycles. The zero-order valence-corrected chi connectivity index (χ0v) is 19.5. The van der Waals surface area contributed by atoms with Crippen LogP contribution in [-0.2, 0) is 17.7 Å². The number of aryl methyl sites for hydroxylation is 2. The minimum Gasteiger partial charge on any atom is -0.497 e. The van der Waals surface area contributed by atoms with Gasteiger partial charge in [-0.3, -0.25) is 19.4 Å². The molecule has 2 N–H and O–H groups in total. The lowest BCUT2D eigenvalue weighted by atomic mass is 10.1. The molecule has 0 aliphatic carbocycles. The molecule has 1 aromatic carbocycles. The molecule has 180 valence electrons. The molecule has 4 aromatic rings. The van der Waals surface area contributed by atoms with Crippen molar-refractivity contribution < 1.29 is 14.3 Å². The zero-order valence-electron chi connectivity index (χ0n) is 19.5. The maximum Gasteiger partial charge on any atom is 0.267 e. The maximum atomic E-state index is 13.3. The Bertz CT molecular complexity index is 1500. The summed E-state index contributed by atoms with van der Waals surface area (Å²) in [4.78, 5) is 31.1. The van der Waals surface area contributed by atoms with Crippen LogP contribution < -0.4 is 21.1 Å². The van der Waals surface area contributed by atoms with Crippen LogP contribution in [0.5, 0.6) is 5.75 Å². The van der Waals surface area contributed by atoms with Gasteiger partial charge in [-0.05, 0) is 55.2 Å². The van der Waals surface area contributed by atoms with Gasteiger partial charge in [-0.25, -0.2) is 4.98 Å². The van der Waals surface area contributed by atoms with Crippen molar-refractivity contribution in [2.24, 2.45) is 0 Å². The Labute approximate surface area is 201 Å². The van der Waals surface area contributed by atoms with E-state index >= 15 is 0 Å². The van der Waals surface area contributed by atoms with Crippen molar-refractivity contribution in [1.29, 1.82) is 5.41 Å². The molecule has 1 aliphatic rings. The average Bonchev–Trinajstić information content (AvgIpc) is 3.41. The zero-order chi connectivity index (χ0) is 24.4. The van der Waals surface area contributed by atoms with Crippen LogP contribution in [0.2, 0.25) is 0 Å². The minimum atomic E-state index is -0.400. The number of carbonyl (C=O) groups is 1.